The fourth-order valence-electron chi connectivity index (χ4n) is 6.58. The van der Waals surface area contributed by atoms with Crippen LogP contribution in [0.25, 0.3) is 11.6 Å². The Morgan fingerprint density at radius 3 is 2.58 bits per heavy atom. The van der Waals surface area contributed by atoms with Gasteiger partial charge in [-0.1, -0.05) is 67.8 Å². The normalized spacial score (nSPS) is 25.2. The molecular formula is C32H36ClNO4. The van der Waals surface area contributed by atoms with Gasteiger partial charge < -0.3 is 9.84 Å². The van der Waals surface area contributed by atoms with Gasteiger partial charge in [0.25, 0.3) is 0 Å². The number of benzene rings is 2. The molecule has 2 fully saturated rings. The highest BCUT2D eigenvalue weighted by Gasteiger charge is 2.56. The summed E-state index contributed by atoms with van der Waals surface area (Å²) >= 11 is 6.44. The number of carbonyl (C=O) groups is 2. The minimum Gasteiger partial charge on any atom is -0.508 e. The first-order valence-electron chi connectivity index (χ1n) is 13.9. The number of fused-ring (bicyclic) bond motifs is 3. The molecule has 0 spiro atoms. The molecule has 1 aliphatic carbocycles. The molecule has 200 valence electrons. The van der Waals surface area contributed by atoms with E-state index in [-0.39, 0.29) is 41.4 Å². The van der Waals surface area contributed by atoms with Crippen molar-refractivity contribution in [1.29, 1.82) is 0 Å². The lowest BCUT2D eigenvalue weighted by Crippen LogP contribution is -2.34. The first-order valence-corrected chi connectivity index (χ1v) is 14.2. The van der Waals surface area contributed by atoms with Crippen molar-refractivity contribution < 1.29 is 19.4 Å². The topological polar surface area (TPSA) is 66.8 Å². The zero-order chi connectivity index (χ0) is 26.8. The van der Waals surface area contributed by atoms with Crippen LogP contribution in [-0.4, -0.2) is 41.1 Å². The number of aromatic hydroxyl groups is 1. The number of ether oxygens (including phenoxy) is 1. The summed E-state index contributed by atoms with van der Waals surface area (Å²) < 4.78 is 6.41. The molecule has 0 unspecified atom stereocenters. The van der Waals surface area contributed by atoms with Crippen LogP contribution >= 0.6 is 11.6 Å². The summed E-state index contributed by atoms with van der Waals surface area (Å²) in [5.41, 5.74) is 5.71. The summed E-state index contributed by atoms with van der Waals surface area (Å²) in [5, 5.41) is 10.3. The van der Waals surface area contributed by atoms with Gasteiger partial charge in [0, 0.05) is 12.5 Å². The van der Waals surface area contributed by atoms with Crippen molar-refractivity contribution in [2.75, 3.05) is 13.2 Å². The number of rotatable bonds is 9. The standard InChI is InChI=1S/C32H36ClNO4/c1-3-8-23-17-25-30(32(37)34(15-4-2)31(25)36)26-19-38-28(29(23)26)14-12-21(20-9-6-5-7-10-20)16-22-11-13-24(35)18-27(22)33/h5-7,9-11,13,16,18,25-26,28,30,35H,3-4,8,12,14-15,17,19H2,1-2H3/b21-16-/t25-,26+,28-,30-/m1/s1. The van der Waals surface area contributed by atoms with Gasteiger partial charge in [0.05, 0.1) is 29.6 Å². The van der Waals surface area contributed by atoms with E-state index in [0.29, 0.717) is 24.6 Å². The van der Waals surface area contributed by atoms with Crippen LogP contribution < -0.4 is 0 Å². The van der Waals surface area contributed by atoms with E-state index in [1.165, 1.54) is 16.0 Å². The van der Waals surface area contributed by atoms with Crippen LogP contribution in [0.4, 0.5) is 0 Å². The van der Waals surface area contributed by atoms with Crippen LogP contribution in [0.1, 0.15) is 63.5 Å². The highest BCUT2D eigenvalue weighted by molar-refractivity contribution is 6.32. The molecule has 2 aromatic carbocycles. The molecule has 38 heavy (non-hydrogen) atoms. The van der Waals surface area contributed by atoms with Crippen molar-refractivity contribution >= 4 is 35.1 Å². The molecule has 1 N–H and O–H groups in total. The third kappa shape index (κ3) is 5.06. The van der Waals surface area contributed by atoms with Crippen LogP contribution in [0.3, 0.4) is 0 Å². The van der Waals surface area contributed by atoms with Gasteiger partial charge >= 0.3 is 0 Å². The lowest BCUT2D eigenvalue weighted by Gasteiger charge is -2.32. The molecule has 2 heterocycles. The minimum atomic E-state index is -0.283. The number of hydrogen-bond acceptors (Lipinski definition) is 4. The molecule has 5 rings (SSSR count). The molecule has 2 aromatic rings. The second-order valence-corrected chi connectivity index (χ2v) is 11.1. The number of imide groups is 1. The maximum atomic E-state index is 13.4. The predicted octanol–water partition coefficient (Wildman–Crippen LogP) is 6.89. The third-order valence-corrected chi connectivity index (χ3v) is 8.56. The maximum Gasteiger partial charge on any atom is 0.233 e. The number of phenolic OH excluding ortho intramolecular Hbond substituents is 1. The van der Waals surface area contributed by atoms with Crippen LogP contribution in [0.2, 0.25) is 5.02 Å². The van der Waals surface area contributed by atoms with E-state index in [4.69, 9.17) is 16.3 Å². The molecule has 6 heteroatoms. The second kappa shape index (κ2) is 11.5. The van der Waals surface area contributed by atoms with Crippen molar-refractivity contribution in [2.24, 2.45) is 17.8 Å². The number of allylic oxidation sites excluding steroid dienone is 2. The molecular weight excluding hydrogens is 498 g/mol. The predicted molar refractivity (Wildman–Crippen MR) is 150 cm³/mol. The van der Waals surface area contributed by atoms with Crippen molar-refractivity contribution in [1.82, 2.24) is 4.90 Å². The monoisotopic (exact) mass is 533 g/mol. The number of likely N-dealkylation sites (tertiary alicyclic amines) is 1. The molecule has 2 saturated heterocycles. The van der Waals surface area contributed by atoms with E-state index >= 15 is 0 Å². The van der Waals surface area contributed by atoms with Crippen molar-refractivity contribution in [3.05, 3.63) is 75.8 Å². The lowest BCUT2D eigenvalue weighted by molar-refractivity contribution is -0.140. The minimum absolute atomic E-state index is 0.00371. The fraction of sp³-hybridized carbons (Fsp3) is 0.438. The summed E-state index contributed by atoms with van der Waals surface area (Å²) in [6.45, 7) is 5.18. The number of amides is 2. The fourth-order valence-corrected chi connectivity index (χ4v) is 6.81. The first kappa shape index (κ1) is 26.7. The van der Waals surface area contributed by atoms with Crippen LogP contribution in [0, 0.1) is 17.8 Å². The molecule has 4 atom stereocenters. The average Bonchev–Trinajstić information content (AvgIpc) is 3.43. The Morgan fingerprint density at radius 1 is 1.08 bits per heavy atom. The van der Waals surface area contributed by atoms with E-state index in [0.717, 1.165) is 48.8 Å². The molecule has 3 aliphatic rings. The van der Waals surface area contributed by atoms with Crippen molar-refractivity contribution in [2.45, 2.75) is 58.5 Å². The van der Waals surface area contributed by atoms with Crippen LogP contribution in [-0.2, 0) is 14.3 Å². The summed E-state index contributed by atoms with van der Waals surface area (Å²) in [6, 6.07) is 15.3. The van der Waals surface area contributed by atoms with Gasteiger partial charge in [-0.05, 0) is 78.7 Å². The van der Waals surface area contributed by atoms with Crippen molar-refractivity contribution in [3.8, 4) is 5.75 Å². The Bertz CT molecular complexity index is 1270. The summed E-state index contributed by atoms with van der Waals surface area (Å²) in [5.74, 6) is -0.372. The van der Waals surface area contributed by atoms with Gasteiger partial charge in [0.1, 0.15) is 5.75 Å². The molecule has 5 nitrogen and oxygen atoms in total. The van der Waals surface area contributed by atoms with E-state index in [1.54, 1.807) is 12.1 Å². The summed E-state index contributed by atoms with van der Waals surface area (Å²) in [7, 11) is 0. The Labute approximate surface area is 230 Å². The van der Waals surface area contributed by atoms with Gasteiger partial charge in [-0.3, -0.25) is 14.5 Å². The highest BCUT2D eigenvalue weighted by Crippen LogP contribution is 2.51. The van der Waals surface area contributed by atoms with Crippen LogP contribution in [0.15, 0.2) is 59.7 Å². The quantitative estimate of drug-likeness (QED) is 0.216. The van der Waals surface area contributed by atoms with E-state index in [9.17, 15) is 14.7 Å². The maximum absolute atomic E-state index is 13.4. The molecule has 2 aliphatic heterocycles. The molecule has 0 aromatic heterocycles. The molecule has 0 saturated carbocycles. The van der Waals surface area contributed by atoms with Crippen LogP contribution in [0.5, 0.6) is 5.75 Å². The van der Waals surface area contributed by atoms with E-state index in [1.807, 2.05) is 31.2 Å². The second-order valence-electron chi connectivity index (χ2n) is 10.7. The van der Waals surface area contributed by atoms with Gasteiger partial charge in [0.2, 0.25) is 11.8 Å². The Balaban J connectivity index is 1.43. The average molecular weight is 534 g/mol. The number of phenols is 1. The Hall–Kier alpha value is -2.89. The number of nitrogens with zero attached hydrogens (tertiary/aromatic N) is 1. The third-order valence-electron chi connectivity index (χ3n) is 8.23. The van der Waals surface area contributed by atoms with Gasteiger partial charge in [-0.15, -0.1) is 0 Å². The summed E-state index contributed by atoms with van der Waals surface area (Å²) in [4.78, 5) is 28.0. The molecule has 0 radical (unpaired) electrons. The SMILES string of the molecule is CCCC1=C2[C@@H](CC/C(=C/c3ccc(O)cc3Cl)c3ccccc3)OC[C@@H]2[C@@H]2C(=O)N(CCC)C(=O)[C@@H]2C1. The zero-order valence-corrected chi connectivity index (χ0v) is 22.9. The Morgan fingerprint density at radius 2 is 1.87 bits per heavy atom. The zero-order valence-electron chi connectivity index (χ0n) is 22.2. The number of hydrogen-bond donors (Lipinski definition) is 1. The highest BCUT2D eigenvalue weighted by atomic mass is 35.5. The first-order chi connectivity index (χ1) is 18.4. The smallest absolute Gasteiger partial charge is 0.233 e. The van der Waals surface area contributed by atoms with Gasteiger partial charge in [-0.25, -0.2) is 0 Å². The van der Waals surface area contributed by atoms with Gasteiger partial charge in [-0.2, -0.15) is 0 Å². The molecule has 0 bridgehead atoms. The van der Waals surface area contributed by atoms with E-state index in [2.05, 4.69) is 25.1 Å². The largest absolute Gasteiger partial charge is 0.508 e. The van der Waals surface area contributed by atoms with Gasteiger partial charge in [0.15, 0.2) is 0 Å². The number of halogens is 1. The Kier molecular flexibility index (Phi) is 8.06. The van der Waals surface area contributed by atoms with Crippen molar-refractivity contribution in [3.63, 3.8) is 0 Å². The summed E-state index contributed by atoms with van der Waals surface area (Å²) in [6.07, 6.45) is 6.98. The van der Waals surface area contributed by atoms with E-state index < -0.39 is 0 Å². The lowest BCUT2D eigenvalue weighted by atomic mass is 9.68. The number of carbonyl (C=O) groups excluding carboxylic acids is 2. The molecule has 2 amide bonds.